The number of rotatable bonds is 6. The molecule has 2 rings (SSSR count). The van der Waals surface area contributed by atoms with E-state index in [4.69, 9.17) is 26.2 Å². The van der Waals surface area contributed by atoms with Gasteiger partial charge in [0.25, 0.3) is 5.91 Å². The number of hydrogen-bond acceptors (Lipinski definition) is 4. The zero-order valence-corrected chi connectivity index (χ0v) is 13.0. The number of carboxylic acid groups (broad SMARTS) is 1. The maximum Gasteiger partial charge on any atom is 0.335 e. The zero-order valence-electron chi connectivity index (χ0n) is 12.2. The average molecular weight is 336 g/mol. The van der Waals surface area contributed by atoms with Crippen LogP contribution in [0.25, 0.3) is 0 Å². The van der Waals surface area contributed by atoms with Crippen molar-refractivity contribution >= 4 is 29.2 Å². The molecule has 2 N–H and O–H groups in total. The smallest absolute Gasteiger partial charge is 0.335 e. The van der Waals surface area contributed by atoms with E-state index < -0.39 is 11.9 Å². The Morgan fingerprint density at radius 1 is 1.22 bits per heavy atom. The summed E-state index contributed by atoms with van der Waals surface area (Å²) in [4.78, 5) is 22.7. The summed E-state index contributed by atoms with van der Waals surface area (Å²) in [7, 11) is 1.50. The first-order valence-electron chi connectivity index (χ1n) is 6.59. The van der Waals surface area contributed by atoms with Gasteiger partial charge < -0.3 is 19.9 Å². The number of methoxy groups -OCH3 is 1. The molecule has 1 amide bonds. The second-order valence-corrected chi connectivity index (χ2v) is 4.93. The van der Waals surface area contributed by atoms with E-state index in [0.717, 1.165) is 0 Å². The number of nitrogens with one attached hydrogen (secondary N) is 1. The van der Waals surface area contributed by atoms with Crippen molar-refractivity contribution in [2.75, 3.05) is 19.0 Å². The Balaban J connectivity index is 1.94. The molecule has 0 unspecified atom stereocenters. The highest BCUT2D eigenvalue weighted by atomic mass is 35.5. The first kappa shape index (κ1) is 16.6. The molecule has 2 aromatic carbocycles. The summed E-state index contributed by atoms with van der Waals surface area (Å²) in [6.45, 7) is -0.257. The lowest BCUT2D eigenvalue weighted by Gasteiger charge is -2.09. The molecule has 0 aliphatic heterocycles. The summed E-state index contributed by atoms with van der Waals surface area (Å²) in [5.74, 6) is -0.654. The van der Waals surface area contributed by atoms with Crippen molar-refractivity contribution in [1.82, 2.24) is 0 Å². The number of carbonyl (C=O) groups excluding carboxylic acids is 1. The van der Waals surface area contributed by atoms with E-state index in [0.29, 0.717) is 22.2 Å². The van der Waals surface area contributed by atoms with Gasteiger partial charge in [0.2, 0.25) is 0 Å². The van der Waals surface area contributed by atoms with Crippen molar-refractivity contribution in [1.29, 1.82) is 0 Å². The summed E-state index contributed by atoms with van der Waals surface area (Å²) >= 11 is 5.97. The lowest BCUT2D eigenvalue weighted by Crippen LogP contribution is -2.20. The van der Waals surface area contributed by atoms with Crippen LogP contribution in [0.1, 0.15) is 10.4 Å². The zero-order chi connectivity index (χ0) is 16.8. The molecule has 0 radical (unpaired) electrons. The van der Waals surface area contributed by atoms with Crippen LogP contribution >= 0.6 is 11.6 Å². The number of anilines is 1. The molecule has 0 spiro atoms. The molecule has 0 heterocycles. The fourth-order valence-corrected chi connectivity index (χ4v) is 2.07. The predicted octanol–water partition coefficient (Wildman–Crippen LogP) is 3.06. The van der Waals surface area contributed by atoms with Gasteiger partial charge in [0.1, 0.15) is 11.5 Å². The highest BCUT2D eigenvalue weighted by Crippen LogP contribution is 2.27. The number of carbonyl (C=O) groups is 2. The minimum absolute atomic E-state index is 0.0878. The molecular weight excluding hydrogens is 322 g/mol. The molecule has 6 nitrogen and oxygen atoms in total. The third-order valence-corrected chi connectivity index (χ3v) is 3.18. The lowest BCUT2D eigenvalue weighted by molar-refractivity contribution is -0.118. The van der Waals surface area contributed by atoms with Crippen LogP contribution in [0.5, 0.6) is 11.5 Å². The van der Waals surface area contributed by atoms with Gasteiger partial charge in [-0.1, -0.05) is 17.7 Å². The summed E-state index contributed by atoms with van der Waals surface area (Å²) in [6, 6.07) is 10.7. The van der Waals surface area contributed by atoms with Crippen LogP contribution in [0.2, 0.25) is 5.02 Å². The van der Waals surface area contributed by atoms with Crippen molar-refractivity contribution in [2.24, 2.45) is 0 Å². The number of benzene rings is 2. The Labute approximate surface area is 137 Å². The van der Waals surface area contributed by atoms with Crippen LogP contribution in [0.4, 0.5) is 5.69 Å². The molecule has 2 aromatic rings. The van der Waals surface area contributed by atoms with Crippen LogP contribution in [-0.4, -0.2) is 30.7 Å². The van der Waals surface area contributed by atoms with E-state index in [1.807, 2.05) is 0 Å². The molecule has 0 aliphatic rings. The first-order chi connectivity index (χ1) is 11.0. The Morgan fingerprint density at radius 3 is 2.65 bits per heavy atom. The lowest BCUT2D eigenvalue weighted by atomic mass is 10.2. The topological polar surface area (TPSA) is 84.9 Å². The van der Waals surface area contributed by atoms with Crippen molar-refractivity contribution in [3.8, 4) is 11.5 Å². The van der Waals surface area contributed by atoms with Gasteiger partial charge in [0.15, 0.2) is 6.61 Å². The highest BCUT2D eigenvalue weighted by Gasteiger charge is 2.08. The van der Waals surface area contributed by atoms with E-state index in [9.17, 15) is 9.59 Å². The van der Waals surface area contributed by atoms with Crippen LogP contribution in [-0.2, 0) is 4.79 Å². The van der Waals surface area contributed by atoms with Crippen LogP contribution in [0.3, 0.4) is 0 Å². The second-order valence-electron chi connectivity index (χ2n) is 4.52. The molecule has 0 saturated heterocycles. The van der Waals surface area contributed by atoms with Gasteiger partial charge in [-0.25, -0.2) is 4.79 Å². The Bertz CT molecular complexity index is 732. The molecule has 0 aromatic heterocycles. The number of carboxylic acids is 1. The predicted molar refractivity (Wildman–Crippen MR) is 85.5 cm³/mol. The second kappa shape index (κ2) is 7.51. The van der Waals surface area contributed by atoms with Crippen LogP contribution < -0.4 is 14.8 Å². The summed E-state index contributed by atoms with van der Waals surface area (Å²) < 4.78 is 10.3. The minimum atomic E-state index is -1.06. The Hall–Kier alpha value is -2.73. The standard InChI is InChI=1S/C16H14ClNO5/c1-22-14-6-5-11(8-13(14)17)18-15(19)9-23-12-4-2-3-10(7-12)16(20)21/h2-8H,9H2,1H3,(H,18,19)(H,20,21). The number of hydrogen-bond donors (Lipinski definition) is 2. The molecule has 23 heavy (non-hydrogen) atoms. The molecule has 0 bridgehead atoms. The van der Waals surface area contributed by atoms with Gasteiger partial charge >= 0.3 is 5.97 Å². The Morgan fingerprint density at radius 2 is 2.00 bits per heavy atom. The monoisotopic (exact) mass is 335 g/mol. The van der Waals surface area contributed by atoms with Crippen LogP contribution in [0, 0.1) is 0 Å². The number of halogens is 1. The van der Waals surface area contributed by atoms with Gasteiger partial charge in [0, 0.05) is 5.69 Å². The number of amides is 1. The summed E-state index contributed by atoms with van der Waals surface area (Å²) in [5.41, 5.74) is 0.591. The highest BCUT2D eigenvalue weighted by molar-refractivity contribution is 6.32. The quantitative estimate of drug-likeness (QED) is 0.847. The molecule has 0 saturated carbocycles. The van der Waals surface area contributed by atoms with Crippen molar-refractivity contribution < 1.29 is 24.2 Å². The Kier molecular flexibility index (Phi) is 5.43. The number of ether oxygens (including phenoxy) is 2. The third kappa shape index (κ3) is 4.62. The van der Waals surface area contributed by atoms with E-state index in [1.54, 1.807) is 30.3 Å². The van der Waals surface area contributed by atoms with E-state index in [2.05, 4.69) is 5.32 Å². The fourth-order valence-electron chi connectivity index (χ4n) is 1.81. The molecule has 120 valence electrons. The van der Waals surface area contributed by atoms with Crippen molar-refractivity contribution in [3.63, 3.8) is 0 Å². The van der Waals surface area contributed by atoms with E-state index >= 15 is 0 Å². The van der Waals surface area contributed by atoms with Gasteiger partial charge in [-0.3, -0.25) is 4.79 Å². The van der Waals surface area contributed by atoms with Crippen molar-refractivity contribution in [3.05, 3.63) is 53.1 Å². The van der Waals surface area contributed by atoms with Crippen LogP contribution in [0.15, 0.2) is 42.5 Å². The molecule has 0 aliphatic carbocycles. The van der Waals surface area contributed by atoms with Gasteiger partial charge in [0.05, 0.1) is 17.7 Å². The molecule has 7 heteroatoms. The number of aromatic carboxylic acids is 1. The maximum absolute atomic E-state index is 11.8. The first-order valence-corrected chi connectivity index (χ1v) is 6.97. The molecular formula is C16H14ClNO5. The summed E-state index contributed by atoms with van der Waals surface area (Å²) in [5, 5.41) is 11.9. The van der Waals surface area contributed by atoms with E-state index in [1.165, 1.54) is 19.2 Å². The largest absolute Gasteiger partial charge is 0.495 e. The van der Waals surface area contributed by atoms with Gasteiger partial charge in [-0.15, -0.1) is 0 Å². The summed E-state index contributed by atoms with van der Waals surface area (Å²) in [6.07, 6.45) is 0. The minimum Gasteiger partial charge on any atom is -0.495 e. The average Bonchev–Trinajstić information content (AvgIpc) is 2.53. The molecule has 0 fully saturated rings. The van der Waals surface area contributed by atoms with Gasteiger partial charge in [-0.2, -0.15) is 0 Å². The normalized spacial score (nSPS) is 10.0. The third-order valence-electron chi connectivity index (χ3n) is 2.89. The molecule has 0 atom stereocenters. The SMILES string of the molecule is COc1ccc(NC(=O)COc2cccc(C(=O)O)c2)cc1Cl. The van der Waals surface area contributed by atoms with Gasteiger partial charge in [-0.05, 0) is 36.4 Å². The van der Waals surface area contributed by atoms with Crippen molar-refractivity contribution in [2.45, 2.75) is 0 Å². The van der Waals surface area contributed by atoms with E-state index in [-0.39, 0.29) is 12.2 Å². The maximum atomic E-state index is 11.8. The fraction of sp³-hybridized carbons (Fsp3) is 0.125.